The van der Waals surface area contributed by atoms with Gasteiger partial charge in [0.1, 0.15) is 6.17 Å². The minimum absolute atomic E-state index is 0.642. The maximum absolute atomic E-state index is 2.60. The van der Waals surface area contributed by atoms with Crippen molar-refractivity contribution in [2.75, 3.05) is 13.1 Å². The third-order valence-corrected chi connectivity index (χ3v) is 6.78. The highest BCUT2D eigenvalue weighted by Crippen LogP contribution is 2.23. The van der Waals surface area contributed by atoms with Gasteiger partial charge in [-0.15, -0.1) is 0 Å². The molecule has 0 aliphatic carbocycles. The lowest BCUT2D eigenvalue weighted by Gasteiger charge is -2.33. The van der Waals surface area contributed by atoms with Crippen molar-refractivity contribution >= 4 is 0 Å². The van der Waals surface area contributed by atoms with Crippen LogP contribution in [-0.2, 0) is 0 Å². The molecule has 0 bridgehead atoms. The summed E-state index contributed by atoms with van der Waals surface area (Å²) in [5.41, 5.74) is 0. The molecule has 0 fully saturated rings. The number of unbranched alkanes of at least 4 members (excludes halogenated alkanes) is 16. The van der Waals surface area contributed by atoms with E-state index in [-0.39, 0.29) is 0 Å². The summed E-state index contributed by atoms with van der Waals surface area (Å²) in [6, 6.07) is 0. The van der Waals surface area contributed by atoms with E-state index in [2.05, 4.69) is 43.0 Å². The van der Waals surface area contributed by atoms with Crippen molar-refractivity contribution in [3.63, 3.8) is 0 Å². The van der Waals surface area contributed by atoms with E-state index < -0.39 is 0 Å². The van der Waals surface area contributed by atoms with Gasteiger partial charge in [0, 0.05) is 25.5 Å². The Hall–Kier alpha value is -0.660. The summed E-state index contributed by atoms with van der Waals surface area (Å²) in [5.74, 6) is 0. The maximum atomic E-state index is 2.60. The standard InChI is InChI=1S/C28H56N2/c1-4-7-9-10-11-12-13-14-15-16-17-18-19-20-21-22-23-28-29(24-6-3)26-27-30(28)25-8-5-2/h26-28H,4-25H2,1-3H3. The highest BCUT2D eigenvalue weighted by atomic mass is 15.4. The fourth-order valence-corrected chi connectivity index (χ4v) is 4.81. The van der Waals surface area contributed by atoms with Crippen LogP contribution in [0.5, 0.6) is 0 Å². The zero-order valence-corrected chi connectivity index (χ0v) is 21.2. The molecule has 178 valence electrons. The first-order chi connectivity index (χ1) is 14.8. The summed E-state index contributed by atoms with van der Waals surface area (Å²) in [6.07, 6.45) is 33.8. The second-order valence-corrected chi connectivity index (χ2v) is 9.70. The van der Waals surface area contributed by atoms with Gasteiger partial charge in [-0.3, -0.25) is 0 Å². The van der Waals surface area contributed by atoms with Gasteiger partial charge in [-0.2, -0.15) is 0 Å². The minimum atomic E-state index is 0.642. The summed E-state index contributed by atoms with van der Waals surface area (Å²) in [4.78, 5) is 5.19. The molecule has 0 aromatic carbocycles. The van der Waals surface area contributed by atoms with Gasteiger partial charge >= 0.3 is 0 Å². The highest BCUT2D eigenvalue weighted by molar-refractivity contribution is 4.96. The van der Waals surface area contributed by atoms with Gasteiger partial charge < -0.3 is 9.80 Å². The summed E-state index contributed by atoms with van der Waals surface area (Å²) >= 11 is 0. The first-order valence-electron chi connectivity index (χ1n) is 14.0. The lowest BCUT2D eigenvalue weighted by molar-refractivity contribution is 0.138. The molecule has 1 aliphatic rings. The molecule has 0 aromatic heterocycles. The Bertz CT molecular complexity index is 379. The molecule has 2 heteroatoms. The quantitative estimate of drug-likeness (QED) is 0.161. The smallest absolute Gasteiger partial charge is 0.101 e. The molecule has 1 heterocycles. The van der Waals surface area contributed by atoms with Crippen LogP contribution in [0.15, 0.2) is 12.4 Å². The number of rotatable bonds is 22. The zero-order chi connectivity index (χ0) is 21.7. The van der Waals surface area contributed by atoms with Gasteiger partial charge in [0.2, 0.25) is 0 Å². The Morgan fingerprint density at radius 1 is 0.433 bits per heavy atom. The van der Waals surface area contributed by atoms with Crippen LogP contribution in [0.4, 0.5) is 0 Å². The first kappa shape index (κ1) is 27.4. The predicted molar refractivity (Wildman–Crippen MR) is 136 cm³/mol. The van der Waals surface area contributed by atoms with Crippen LogP contribution >= 0.6 is 0 Å². The van der Waals surface area contributed by atoms with Gasteiger partial charge in [-0.1, -0.05) is 124 Å². The van der Waals surface area contributed by atoms with E-state index in [1.54, 1.807) is 0 Å². The van der Waals surface area contributed by atoms with E-state index in [9.17, 15) is 0 Å². The van der Waals surface area contributed by atoms with E-state index in [1.807, 2.05) is 0 Å². The molecule has 30 heavy (non-hydrogen) atoms. The van der Waals surface area contributed by atoms with Crippen molar-refractivity contribution in [3.05, 3.63) is 12.4 Å². The fourth-order valence-electron chi connectivity index (χ4n) is 4.81. The molecular formula is C28H56N2. The van der Waals surface area contributed by atoms with Crippen molar-refractivity contribution in [1.29, 1.82) is 0 Å². The van der Waals surface area contributed by atoms with E-state index >= 15 is 0 Å². The molecule has 0 aromatic rings. The van der Waals surface area contributed by atoms with Crippen LogP contribution in [0, 0.1) is 0 Å². The lowest BCUT2D eigenvalue weighted by Crippen LogP contribution is -2.39. The molecule has 2 nitrogen and oxygen atoms in total. The monoisotopic (exact) mass is 420 g/mol. The molecule has 0 saturated carbocycles. The molecule has 0 amide bonds. The fraction of sp³-hybridized carbons (Fsp3) is 0.929. The average molecular weight is 421 g/mol. The van der Waals surface area contributed by atoms with Crippen molar-refractivity contribution in [2.24, 2.45) is 0 Å². The second-order valence-electron chi connectivity index (χ2n) is 9.70. The molecule has 1 atom stereocenters. The molecule has 0 radical (unpaired) electrons. The largest absolute Gasteiger partial charge is 0.356 e. The third-order valence-electron chi connectivity index (χ3n) is 6.78. The lowest BCUT2D eigenvalue weighted by atomic mass is 10.0. The summed E-state index contributed by atoms with van der Waals surface area (Å²) in [6.45, 7) is 9.35. The third kappa shape index (κ3) is 13.6. The van der Waals surface area contributed by atoms with E-state index in [0.717, 1.165) is 0 Å². The van der Waals surface area contributed by atoms with Crippen molar-refractivity contribution in [2.45, 2.75) is 155 Å². The summed E-state index contributed by atoms with van der Waals surface area (Å²) in [5, 5.41) is 0. The van der Waals surface area contributed by atoms with E-state index in [1.165, 1.54) is 142 Å². The molecular weight excluding hydrogens is 364 g/mol. The van der Waals surface area contributed by atoms with E-state index in [0.29, 0.717) is 6.17 Å². The minimum Gasteiger partial charge on any atom is -0.356 e. The molecule has 1 aliphatic heterocycles. The SMILES string of the molecule is CCCCCCCCCCCCCCCCCCC1N(CCC)C=CN1CCCC. The van der Waals surface area contributed by atoms with E-state index in [4.69, 9.17) is 0 Å². The Labute approximate surface area is 190 Å². The van der Waals surface area contributed by atoms with Crippen molar-refractivity contribution in [1.82, 2.24) is 9.80 Å². The van der Waals surface area contributed by atoms with Crippen LogP contribution in [0.1, 0.15) is 149 Å². The van der Waals surface area contributed by atoms with Crippen LogP contribution in [-0.4, -0.2) is 29.1 Å². The Kier molecular flexibility index (Phi) is 18.5. The van der Waals surface area contributed by atoms with Gasteiger partial charge in [-0.05, 0) is 25.7 Å². The first-order valence-corrected chi connectivity index (χ1v) is 14.0. The number of hydrogen-bond donors (Lipinski definition) is 0. The van der Waals surface area contributed by atoms with Gasteiger partial charge in [0.05, 0.1) is 0 Å². The van der Waals surface area contributed by atoms with Gasteiger partial charge in [-0.25, -0.2) is 0 Å². The number of nitrogens with zero attached hydrogens (tertiary/aromatic N) is 2. The van der Waals surface area contributed by atoms with Gasteiger partial charge in [0.25, 0.3) is 0 Å². The number of hydrogen-bond acceptors (Lipinski definition) is 2. The molecule has 1 unspecified atom stereocenters. The van der Waals surface area contributed by atoms with Crippen LogP contribution in [0.2, 0.25) is 0 Å². The van der Waals surface area contributed by atoms with Crippen LogP contribution in [0.3, 0.4) is 0 Å². The summed E-state index contributed by atoms with van der Waals surface area (Å²) in [7, 11) is 0. The topological polar surface area (TPSA) is 6.48 Å². The Morgan fingerprint density at radius 2 is 0.833 bits per heavy atom. The van der Waals surface area contributed by atoms with Gasteiger partial charge in [0.15, 0.2) is 0 Å². The highest BCUT2D eigenvalue weighted by Gasteiger charge is 2.24. The summed E-state index contributed by atoms with van der Waals surface area (Å²) < 4.78 is 0. The maximum Gasteiger partial charge on any atom is 0.101 e. The van der Waals surface area contributed by atoms with Crippen molar-refractivity contribution in [3.8, 4) is 0 Å². The Morgan fingerprint density at radius 3 is 1.27 bits per heavy atom. The van der Waals surface area contributed by atoms with Crippen molar-refractivity contribution < 1.29 is 0 Å². The average Bonchev–Trinajstić information content (AvgIpc) is 3.13. The molecule has 0 saturated heterocycles. The Balaban J connectivity index is 1.91. The molecule has 0 N–H and O–H groups in total. The normalized spacial score (nSPS) is 16.2. The zero-order valence-electron chi connectivity index (χ0n) is 21.2. The predicted octanol–water partition coefficient (Wildman–Crippen LogP) is 9.26. The molecule has 1 rings (SSSR count). The molecule has 0 spiro atoms. The van der Waals surface area contributed by atoms with Crippen LogP contribution < -0.4 is 0 Å². The second kappa shape index (κ2) is 20.3. The van der Waals surface area contributed by atoms with Crippen LogP contribution in [0.25, 0.3) is 0 Å².